The lowest BCUT2D eigenvalue weighted by Crippen LogP contribution is -2.47. The Morgan fingerprint density at radius 3 is 2.38 bits per heavy atom. The number of amides is 1. The Labute approximate surface area is 163 Å². The van der Waals surface area contributed by atoms with Gasteiger partial charge in [0.2, 0.25) is 0 Å². The van der Waals surface area contributed by atoms with Crippen molar-refractivity contribution in [3.05, 3.63) is 38.4 Å². The number of fused-ring (bicyclic) bond motifs is 1. The SMILES string of the molecule is CC.CCCC1(CCC)NC(=O)c2c(Cl)cc(N/C(=C/N)SN)c(=O)n21. The van der Waals surface area contributed by atoms with Crippen molar-refractivity contribution in [2.75, 3.05) is 5.32 Å². The molecule has 1 aliphatic heterocycles. The molecule has 0 saturated carbocycles. The average molecular weight is 402 g/mol. The van der Waals surface area contributed by atoms with Crippen LogP contribution < -0.4 is 27.1 Å². The van der Waals surface area contributed by atoms with Crippen LogP contribution in [-0.2, 0) is 5.66 Å². The average Bonchev–Trinajstić information content (AvgIpc) is 2.92. The van der Waals surface area contributed by atoms with Crippen LogP contribution in [0.4, 0.5) is 5.69 Å². The molecule has 0 radical (unpaired) electrons. The number of aromatic nitrogens is 1. The fraction of sp³-hybridized carbons (Fsp3) is 0.529. The van der Waals surface area contributed by atoms with Crippen LogP contribution in [-0.4, -0.2) is 10.5 Å². The molecule has 7 nitrogen and oxygen atoms in total. The minimum atomic E-state index is -0.753. The molecule has 0 aliphatic carbocycles. The summed E-state index contributed by atoms with van der Waals surface area (Å²) in [7, 11) is 0. The molecule has 0 fully saturated rings. The molecule has 1 amide bonds. The van der Waals surface area contributed by atoms with Gasteiger partial charge in [-0.3, -0.25) is 19.3 Å². The Balaban J connectivity index is 0.00000163. The van der Waals surface area contributed by atoms with Crippen LogP contribution in [0.15, 0.2) is 22.1 Å². The zero-order chi connectivity index (χ0) is 19.9. The molecule has 2 rings (SSSR count). The van der Waals surface area contributed by atoms with Crippen LogP contribution in [0.3, 0.4) is 0 Å². The van der Waals surface area contributed by atoms with Gasteiger partial charge in [0.1, 0.15) is 22.1 Å². The van der Waals surface area contributed by atoms with Crippen molar-refractivity contribution in [1.82, 2.24) is 9.88 Å². The fourth-order valence-electron chi connectivity index (χ4n) is 3.16. The predicted octanol–water partition coefficient (Wildman–Crippen LogP) is 3.30. The maximum atomic E-state index is 13.0. The molecule has 0 spiro atoms. The molecule has 0 saturated heterocycles. The molecular formula is C17H28ClN5O2S. The van der Waals surface area contributed by atoms with Crippen molar-refractivity contribution in [1.29, 1.82) is 0 Å². The Morgan fingerprint density at radius 2 is 1.92 bits per heavy atom. The van der Waals surface area contributed by atoms with E-state index in [1.165, 1.54) is 16.8 Å². The Morgan fingerprint density at radius 1 is 1.35 bits per heavy atom. The standard InChI is InChI=1S/C15H22ClN5O2S.C2H6/c1-3-5-15(6-4-2)20-13(22)12-9(16)7-10(14(23)21(12)15)19-11(8-17)24-18;1-2/h7-8,19H,3-6,17-18H2,1-2H3,(H,20,22);1-2H3/b11-8-;. The summed E-state index contributed by atoms with van der Waals surface area (Å²) in [6, 6.07) is 1.43. The molecule has 0 unspecified atom stereocenters. The van der Waals surface area contributed by atoms with E-state index in [0.717, 1.165) is 24.8 Å². The third-order valence-corrected chi connectivity index (χ3v) is 4.79. The van der Waals surface area contributed by atoms with Gasteiger partial charge < -0.3 is 16.4 Å². The fourth-order valence-corrected chi connectivity index (χ4v) is 3.69. The summed E-state index contributed by atoms with van der Waals surface area (Å²) in [6.07, 6.45) is 4.18. The third kappa shape index (κ3) is 4.19. The van der Waals surface area contributed by atoms with Crippen molar-refractivity contribution in [3.63, 3.8) is 0 Å². The molecule has 6 N–H and O–H groups in total. The number of anilines is 1. The third-order valence-electron chi connectivity index (χ3n) is 4.01. The van der Waals surface area contributed by atoms with Gasteiger partial charge in [0, 0.05) is 6.20 Å². The lowest BCUT2D eigenvalue weighted by molar-refractivity contribution is 0.0900. The summed E-state index contributed by atoms with van der Waals surface area (Å²) in [4.78, 5) is 25.4. The molecule has 2 heterocycles. The minimum absolute atomic E-state index is 0.202. The number of carbonyl (C=O) groups is 1. The Kier molecular flexibility index (Phi) is 8.52. The first-order valence-corrected chi connectivity index (χ1v) is 10.0. The number of carbonyl (C=O) groups excluding carboxylic acids is 1. The van der Waals surface area contributed by atoms with Crippen molar-refractivity contribution in [3.8, 4) is 0 Å². The number of nitrogens with one attached hydrogen (secondary N) is 2. The normalized spacial score (nSPS) is 15.0. The minimum Gasteiger partial charge on any atom is -0.402 e. The summed E-state index contributed by atoms with van der Waals surface area (Å²) in [5, 5.41) is 12.0. The van der Waals surface area contributed by atoms with Crippen LogP contribution in [0.25, 0.3) is 0 Å². The first-order chi connectivity index (χ1) is 12.4. The van der Waals surface area contributed by atoms with Gasteiger partial charge in [0.25, 0.3) is 11.5 Å². The van der Waals surface area contributed by atoms with E-state index in [2.05, 4.69) is 10.6 Å². The first kappa shape index (κ1) is 22.4. The van der Waals surface area contributed by atoms with Crippen LogP contribution in [0.5, 0.6) is 0 Å². The molecule has 0 aromatic carbocycles. The molecule has 26 heavy (non-hydrogen) atoms. The summed E-state index contributed by atoms with van der Waals surface area (Å²) < 4.78 is 1.49. The van der Waals surface area contributed by atoms with Crippen molar-refractivity contribution >= 4 is 35.1 Å². The van der Waals surface area contributed by atoms with Crippen molar-refractivity contribution < 1.29 is 4.79 Å². The smallest absolute Gasteiger partial charge is 0.276 e. The monoisotopic (exact) mass is 401 g/mol. The predicted molar refractivity (Wildman–Crippen MR) is 110 cm³/mol. The highest BCUT2D eigenvalue weighted by Gasteiger charge is 2.43. The van der Waals surface area contributed by atoms with Gasteiger partial charge in [-0.05, 0) is 30.9 Å². The van der Waals surface area contributed by atoms with E-state index in [9.17, 15) is 9.59 Å². The zero-order valence-electron chi connectivity index (χ0n) is 15.7. The van der Waals surface area contributed by atoms with E-state index in [1.54, 1.807) is 0 Å². The summed E-state index contributed by atoms with van der Waals surface area (Å²) in [5.41, 5.74) is 4.82. The van der Waals surface area contributed by atoms with Crippen LogP contribution >= 0.6 is 23.5 Å². The van der Waals surface area contributed by atoms with E-state index in [-0.39, 0.29) is 27.9 Å². The number of hydrogen-bond acceptors (Lipinski definition) is 6. The summed E-state index contributed by atoms with van der Waals surface area (Å²) in [5.74, 6) is -0.326. The molecule has 1 aliphatic rings. The molecule has 146 valence electrons. The number of halogens is 1. The van der Waals surface area contributed by atoms with Crippen molar-refractivity contribution in [2.45, 2.75) is 59.0 Å². The molecule has 1 aromatic heterocycles. The van der Waals surface area contributed by atoms with Gasteiger partial charge in [-0.1, -0.05) is 52.1 Å². The van der Waals surface area contributed by atoms with Gasteiger partial charge in [-0.25, -0.2) is 0 Å². The number of nitrogens with zero attached hydrogens (tertiary/aromatic N) is 1. The molecule has 9 heteroatoms. The zero-order valence-corrected chi connectivity index (χ0v) is 17.3. The second-order valence-electron chi connectivity index (χ2n) is 5.65. The number of rotatable bonds is 7. The summed E-state index contributed by atoms with van der Waals surface area (Å²) in [6.45, 7) is 8.02. The quantitative estimate of drug-likeness (QED) is 0.521. The lowest BCUT2D eigenvalue weighted by Gasteiger charge is -2.31. The second kappa shape index (κ2) is 9.89. The Hall–Kier alpha value is -1.64. The molecular weight excluding hydrogens is 374 g/mol. The first-order valence-electron chi connectivity index (χ1n) is 8.78. The van der Waals surface area contributed by atoms with E-state index < -0.39 is 5.66 Å². The van der Waals surface area contributed by atoms with Crippen LogP contribution in [0.1, 0.15) is 63.9 Å². The highest BCUT2D eigenvalue weighted by molar-refractivity contribution is 8.01. The highest BCUT2D eigenvalue weighted by atomic mass is 35.5. The van der Waals surface area contributed by atoms with Gasteiger partial charge in [0.05, 0.1) is 5.02 Å². The number of hydrogen-bond donors (Lipinski definition) is 4. The van der Waals surface area contributed by atoms with E-state index >= 15 is 0 Å². The molecule has 1 aromatic rings. The van der Waals surface area contributed by atoms with Gasteiger partial charge in [-0.2, -0.15) is 0 Å². The van der Waals surface area contributed by atoms with Crippen molar-refractivity contribution in [2.24, 2.45) is 10.9 Å². The van der Waals surface area contributed by atoms with Gasteiger partial charge >= 0.3 is 0 Å². The second-order valence-corrected chi connectivity index (χ2v) is 6.74. The van der Waals surface area contributed by atoms with Gasteiger partial charge in [0.15, 0.2) is 0 Å². The molecule has 0 bridgehead atoms. The maximum Gasteiger partial charge on any atom is 0.276 e. The Bertz CT molecular complexity index is 727. The number of nitrogens with two attached hydrogens (primary N) is 2. The van der Waals surface area contributed by atoms with Gasteiger partial charge in [-0.15, -0.1) is 0 Å². The lowest BCUT2D eigenvalue weighted by atomic mass is 9.98. The van der Waals surface area contributed by atoms with E-state index in [1.807, 2.05) is 27.7 Å². The number of pyridine rings is 1. The van der Waals surface area contributed by atoms with E-state index in [4.69, 9.17) is 22.5 Å². The largest absolute Gasteiger partial charge is 0.402 e. The maximum absolute atomic E-state index is 13.0. The molecule has 0 atom stereocenters. The highest BCUT2D eigenvalue weighted by Crippen LogP contribution is 2.34. The van der Waals surface area contributed by atoms with Crippen LogP contribution in [0, 0.1) is 0 Å². The summed E-state index contributed by atoms with van der Waals surface area (Å²) >= 11 is 7.17. The van der Waals surface area contributed by atoms with E-state index in [0.29, 0.717) is 17.9 Å². The topological polar surface area (TPSA) is 115 Å². The van der Waals surface area contributed by atoms with Crippen LogP contribution in [0.2, 0.25) is 5.02 Å².